The second kappa shape index (κ2) is 68.8. The summed E-state index contributed by atoms with van der Waals surface area (Å²) < 4.78 is 68.4. The van der Waals surface area contributed by atoms with Crippen LogP contribution in [0.1, 0.15) is 356 Å². The van der Waals surface area contributed by atoms with E-state index >= 15 is 0 Å². The molecule has 0 heterocycles. The number of ether oxygens (including phenoxy) is 4. The molecule has 0 aromatic rings. The van der Waals surface area contributed by atoms with E-state index in [1.165, 1.54) is 141 Å². The maximum atomic E-state index is 13.1. The monoisotopic (exact) mass is 1410 g/mol. The molecule has 0 aliphatic heterocycles. The van der Waals surface area contributed by atoms with Gasteiger partial charge in [-0.25, -0.2) is 9.13 Å². The van der Waals surface area contributed by atoms with Crippen LogP contribution < -0.4 is 0 Å². The van der Waals surface area contributed by atoms with E-state index in [-0.39, 0.29) is 25.7 Å². The molecule has 0 radical (unpaired) electrons. The Bertz CT molecular complexity index is 2060. The normalized spacial score (nSPS) is 14.3. The largest absolute Gasteiger partial charge is 0.472 e. The van der Waals surface area contributed by atoms with Crippen LogP contribution in [0.25, 0.3) is 0 Å². The van der Waals surface area contributed by atoms with Crippen LogP contribution in [0, 0.1) is 11.8 Å². The Morgan fingerprint density at radius 2 is 0.557 bits per heavy atom. The Morgan fingerprint density at radius 1 is 0.320 bits per heavy atom. The van der Waals surface area contributed by atoms with Crippen molar-refractivity contribution in [2.75, 3.05) is 39.6 Å². The van der Waals surface area contributed by atoms with Crippen LogP contribution in [0.2, 0.25) is 0 Å². The molecule has 0 aliphatic carbocycles. The van der Waals surface area contributed by atoms with Crippen molar-refractivity contribution < 1.29 is 80.2 Å². The highest BCUT2D eigenvalue weighted by molar-refractivity contribution is 7.47. The molecule has 0 fully saturated rings. The van der Waals surface area contributed by atoms with Crippen molar-refractivity contribution in [2.24, 2.45) is 11.8 Å². The number of phosphoric ester groups is 2. The second-order valence-corrected chi connectivity index (χ2v) is 30.6. The molecule has 0 amide bonds. The average molecular weight is 1420 g/mol. The molecular weight excluding hydrogens is 1270 g/mol. The van der Waals surface area contributed by atoms with E-state index in [2.05, 4.69) is 90.2 Å². The number of carbonyl (C=O) groups is 4. The molecule has 0 saturated carbocycles. The molecule has 17 nitrogen and oxygen atoms in total. The summed E-state index contributed by atoms with van der Waals surface area (Å²) in [6, 6.07) is 0. The van der Waals surface area contributed by atoms with Gasteiger partial charge in [-0.05, 0) is 88.9 Å². The number of aliphatic hydroxyl groups is 1. The fourth-order valence-electron chi connectivity index (χ4n) is 10.9. The molecule has 5 atom stereocenters. The van der Waals surface area contributed by atoms with Crippen molar-refractivity contribution in [1.29, 1.82) is 0 Å². The Kier molecular flexibility index (Phi) is 66.7. The van der Waals surface area contributed by atoms with Crippen molar-refractivity contribution in [1.82, 2.24) is 0 Å². The maximum Gasteiger partial charge on any atom is 0.472 e. The third-order valence-corrected chi connectivity index (χ3v) is 18.9. The lowest BCUT2D eigenvalue weighted by molar-refractivity contribution is -0.161. The van der Waals surface area contributed by atoms with Gasteiger partial charge in [0.1, 0.15) is 19.3 Å². The third-order valence-electron chi connectivity index (χ3n) is 17.0. The second-order valence-electron chi connectivity index (χ2n) is 27.7. The quantitative estimate of drug-likeness (QED) is 0.0169. The van der Waals surface area contributed by atoms with Gasteiger partial charge in [0.2, 0.25) is 0 Å². The molecule has 0 spiro atoms. The van der Waals surface area contributed by atoms with Crippen LogP contribution in [-0.4, -0.2) is 96.7 Å². The summed E-state index contributed by atoms with van der Waals surface area (Å²) in [5.74, 6) is -0.700. The minimum atomic E-state index is -4.97. The molecule has 568 valence electrons. The van der Waals surface area contributed by atoms with Crippen LogP contribution in [0.4, 0.5) is 0 Å². The van der Waals surface area contributed by atoms with Crippen LogP contribution in [0.3, 0.4) is 0 Å². The first-order chi connectivity index (χ1) is 46.9. The standard InChI is InChI=1S/C78H144O17P2/c1-7-9-11-13-15-17-19-21-24-30-34-38-42-50-56-62-77(82)94-73(66-88-75(80)60-54-48-41-37-33-29-27-23-26-28-32-36-40-46-52-58-70(3)4)68-92-96(84,85)90-64-72(79)65-91-97(86,87)93-69-74(67-89-76(81)61-55-49-45-44-47-53-59-71(5)6)95-78(83)63-57-51-43-39-35-31-25-22-20-18-16-14-12-10-8-2/h17-22,24-25,70-74,79H,7-16,23,26-69H2,1-6H3,(H,84,85)(H,86,87)/b19-17-,20-18-,24-21-,25-22-/t72-,73-,74-/m1/s1. The summed E-state index contributed by atoms with van der Waals surface area (Å²) in [7, 11) is -9.94. The van der Waals surface area contributed by atoms with Crippen LogP contribution in [0.15, 0.2) is 48.6 Å². The van der Waals surface area contributed by atoms with Crippen LogP contribution in [-0.2, 0) is 65.4 Å². The van der Waals surface area contributed by atoms with E-state index in [0.29, 0.717) is 31.6 Å². The number of esters is 4. The number of hydrogen-bond acceptors (Lipinski definition) is 15. The molecule has 0 bridgehead atoms. The smallest absolute Gasteiger partial charge is 0.462 e. The van der Waals surface area contributed by atoms with Gasteiger partial charge in [0.15, 0.2) is 12.2 Å². The van der Waals surface area contributed by atoms with Crippen molar-refractivity contribution in [3.05, 3.63) is 48.6 Å². The van der Waals surface area contributed by atoms with Crippen LogP contribution in [0.5, 0.6) is 0 Å². The number of allylic oxidation sites excluding steroid dienone is 8. The van der Waals surface area contributed by atoms with Crippen LogP contribution >= 0.6 is 15.6 Å². The topological polar surface area (TPSA) is 237 Å². The van der Waals surface area contributed by atoms with Gasteiger partial charge >= 0.3 is 39.5 Å². The molecule has 19 heteroatoms. The zero-order chi connectivity index (χ0) is 71.4. The Labute approximate surface area is 591 Å². The SMILES string of the molecule is CCCCCC/C=C\C=C/CCCCCCCC(=O)O[C@H](COC(=O)CCCCCCCCCCCCCCCCCC(C)C)COP(=O)(O)OC[C@@H](O)COP(=O)(O)OC[C@@H](COC(=O)CCCCCCCCC(C)C)OC(=O)CCCCCCC/C=C\C=C/CCCCCC. The molecule has 0 aromatic heterocycles. The molecule has 2 unspecified atom stereocenters. The molecule has 0 rings (SSSR count). The summed E-state index contributed by atoms with van der Waals surface area (Å²) in [6.07, 6.45) is 62.8. The molecule has 0 saturated heterocycles. The maximum absolute atomic E-state index is 13.1. The first-order valence-electron chi connectivity index (χ1n) is 39.1. The fraction of sp³-hybridized carbons (Fsp3) is 0.846. The van der Waals surface area contributed by atoms with Gasteiger partial charge in [-0.3, -0.25) is 37.3 Å². The number of hydrogen-bond donors (Lipinski definition) is 3. The molecule has 0 aliphatic rings. The van der Waals surface area contributed by atoms with Gasteiger partial charge < -0.3 is 33.8 Å². The first-order valence-corrected chi connectivity index (χ1v) is 42.1. The fourth-order valence-corrected chi connectivity index (χ4v) is 12.5. The minimum absolute atomic E-state index is 0.0814. The van der Waals surface area contributed by atoms with E-state index < -0.39 is 97.5 Å². The van der Waals surface area contributed by atoms with E-state index in [4.69, 9.17) is 37.0 Å². The number of aliphatic hydroxyl groups excluding tert-OH is 1. The highest BCUT2D eigenvalue weighted by Gasteiger charge is 2.30. The highest BCUT2D eigenvalue weighted by atomic mass is 31.2. The van der Waals surface area contributed by atoms with Gasteiger partial charge in [0.25, 0.3) is 0 Å². The predicted molar refractivity (Wildman–Crippen MR) is 395 cm³/mol. The zero-order valence-corrected chi connectivity index (χ0v) is 64.1. The van der Waals surface area contributed by atoms with Crippen molar-refractivity contribution >= 4 is 39.5 Å². The summed E-state index contributed by atoms with van der Waals surface area (Å²) >= 11 is 0. The van der Waals surface area contributed by atoms with Crippen molar-refractivity contribution in [3.8, 4) is 0 Å². The number of unbranched alkanes of at least 4 members (excludes halogenated alkanes) is 37. The lowest BCUT2D eigenvalue weighted by Crippen LogP contribution is -2.30. The van der Waals surface area contributed by atoms with E-state index in [1.54, 1.807) is 0 Å². The summed E-state index contributed by atoms with van der Waals surface area (Å²) in [5.41, 5.74) is 0. The van der Waals surface area contributed by atoms with Gasteiger partial charge in [-0.2, -0.15) is 0 Å². The molecule has 0 aromatic carbocycles. The van der Waals surface area contributed by atoms with Gasteiger partial charge in [0.05, 0.1) is 26.4 Å². The van der Waals surface area contributed by atoms with Gasteiger partial charge in [-0.15, -0.1) is 0 Å². The van der Waals surface area contributed by atoms with Gasteiger partial charge in [0, 0.05) is 25.7 Å². The van der Waals surface area contributed by atoms with E-state index in [9.17, 15) is 43.2 Å². The van der Waals surface area contributed by atoms with Crippen molar-refractivity contribution in [3.63, 3.8) is 0 Å². The zero-order valence-electron chi connectivity index (χ0n) is 62.3. The number of carbonyl (C=O) groups excluding carboxylic acids is 4. The lowest BCUT2D eigenvalue weighted by Gasteiger charge is -2.21. The molecular formula is C78H144O17P2. The lowest BCUT2D eigenvalue weighted by atomic mass is 10.0. The summed E-state index contributed by atoms with van der Waals surface area (Å²) in [6.45, 7) is 9.41. The summed E-state index contributed by atoms with van der Waals surface area (Å²) in [5, 5.41) is 10.6. The predicted octanol–water partition coefficient (Wildman–Crippen LogP) is 22.2. The van der Waals surface area contributed by atoms with E-state index in [1.807, 2.05) is 0 Å². The van der Waals surface area contributed by atoms with E-state index in [0.717, 1.165) is 128 Å². The van der Waals surface area contributed by atoms with Gasteiger partial charge in [-0.1, -0.05) is 302 Å². The number of phosphoric acid groups is 2. The minimum Gasteiger partial charge on any atom is -0.462 e. The third kappa shape index (κ3) is 71.2. The van der Waals surface area contributed by atoms with Crippen molar-refractivity contribution in [2.45, 2.75) is 374 Å². The molecule has 97 heavy (non-hydrogen) atoms. The summed E-state index contributed by atoms with van der Waals surface area (Å²) in [4.78, 5) is 72.8. The Hall–Kier alpha value is -2.98. The Balaban J connectivity index is 5.29. The average Bonchev–Trinajstić information content (AvgIpc) is 3.78. The highest BCUT2D eigenvalue weighted by Crippen LogP contribution is 2.45. The molecule has 3 N–H and O–H groups in total. The first kappa shape index (κ1) is 94.0. The number of rotatable bonds is 73. The Morgan fingerprint density at radius 3 is 0.835 bits per heavy atom.